The largest absolute Gasteiger partial charge is 0.496 e. The van der Waals surface area contributed by atoms with Crippen LogP contribution in [0, 0.1) is 0 Å². The van der Waals surface area contributed by atoms with E-state index in [0.717, 1.165) is 11.3 Å². The maximum absolute atomic E-state index is 12.0. The van der Waals surface area contributed by atoms with Gasteiger partial charge in [-0.25, -0.2) is 0 Å². The number of rotatable bonds is 4. The molecule has 1 amide bonds. The van der Waals surface area contributed by atoms with Gasteiger partial charge in [-0.1, -0.05) is 35.9 Å². The summed E-state index contributed by atoms with van der Waals surface area (Å²) in [6.45, 7) is 0.412. The molecule has 2 aromatic carbocycles. The van der Waals surface area contributed by atoms with Gasteiger partial charge in [0.05, 0.1) is 7.11 Å². The lowest BCUT2D eigenvalue weighted by Crippen LogP contribution is -2.22. The minimum absolute atomic E-state index is 0.159. The molecule has 0 heterocycles. The van der Waals surface area contributed by atoms with Gasteiger partial charge in [0.1, 0.15) is 5.75 Å². The van der Waals surface area contributed by atoms with Crippen LogP contribution >= 0.6 is 11.6 Å². The molecule has 0 saturated carbocycles. The van der Waals surface area contributed by atoms with Crippen LogP contribution in [-0.2, 0) is 6.54 Å². The predicted octanol–water partition coefficient (Wildman–Crippen LogP) is 3.28. The van der Waals surface area contributed by atoms with E-state index in [9.17, 15) is 4.79 Å². The molecular weight excluding hydrogens is 262 g/mol. The van der Waals surface area contributed by atoms with Crippen molar-refractivity contribution in [2.24, 2.45) is 0 Å². The Morgan fingerprint density at radius 3 is 2.74 bits per heavy atom. The molecule has 0 bridgehead atoms. The Balaban J connectivity index is 2.04. The molecule has 98 valence electrons. The summed E-state index contributed by atoms with van der Waals surface area (Å²) in [6, 6.07) is 14.4. The molecule has 0 aliphatic carbocycles. The number of halogens is 1. The number of nitrogens with one attached hydrogen (secondary N) is 1. The minimum Gasteiger partial charge on any atom is -0.496 e. The zero-order chi connectivity index (χ0) is 13.7. The highest BCUT2D eigenvalue weighted by atomic mass is 35.5. The number of carbonyl (C=O) groups excluding carboxylic acids is 1. The van der Waals surface area contributed by atoms with Crippen molar-refractivity contribution in [2.75, 3.05) is 7.11 Å². The Hall–Kier alpha value is -2.00. The van der Waals surface area contributed by atoms with Gasteiger partial charge in [0, 0.05) is 22.7 Å². The zero-order valence-corrected chi connectivity index (χ0v) is 11.3. The predicted molar refractivity (Wildman–Crippen MR) is 75.6 cm³/mol. The number of benzene rings is 2. The van der Waals surface area contributed by atoms with Gasteiger partial charge in [0.25, 0.3) is 5.91 Å². The van der Waals surface area contributed by atoms with Crippen LogP contribution in [-0.4, -0.2) is 13.0 Å². The van der Waals surface area contributed by atoms with Gasteiger partial charge in [-0.15, -0.1) is 0 Å². The summed E-state index contributed by atoms with van der Waals surface area (Å²) in [5.41, 5.74) is 1.47. The van der Waals surface area contributed by atoms with Crippen molar-refractivity contribution < 1.29 is 9.53 Å². The van der Waals surface area contributed by atoms with Crippen molar-refractivity contribution in [3.63, 3.8) is 0 Å². The molecule has 0 aromatic heterocycles. The molecule has 0 aliphatic heterocycles. The van der Waals surface area contributed by atoms with Crippen molar-refractivity contribution in [1.29, 1.82) is 0 Å². The molecule has 0 saturated heterocycles. The fraction of sp³-hybridized carbons (Fsp3) is 0.133. The van der Waals surface area contributed by atoms with E-state index in [1.165, 1.54) is 0 Å². The molecule has 0 unspecified atom stereocenters. The second-order valence-corrected chi connectivity index (χ2v) is 4.44. The molecule has 0 spiro atoms. The highest BCUT2D eigenvalue weighted by Crippen LogP contribution is 2.17. The molecular formula is C15H14ClNO2. The highest BCUT2D eigenvalue weighted by Gasteiger charge is 2.07. The summed E-state index contributed by atoms with van der Waals surface area (Å²) in [5.74, 6) is 0.599. The fourth-order valence-electron chi connectivity index (χ4n) is 1.76. The second kappa shape index (κ2) is 6.25. The molecule has 19 heavy (non-hydrogen) atoms. The van der Waals surface area contributed by atoms with E-state index in [-0.39, 0.29) is 5.91 Å². The first-order chi connectivity index (χ1) is 9.20. The van der Waals surface area contributed by atoms with Crippen LogP contribution in [0.1, 0.15) is 15.9 Å². The number of ether oxygens (including phenoxy) is 1. The Kier molecular flexibility index (Phi) is 4.42. The lowest BCUT2D eigenvalue weighted by Gasteiger charge is -2.09. The number of hydrogen-bond donors (Lipinski definition) is 1. The van der Waals surface area contributed by atoms with Gasteiger partial charge in [-0.3, -0.25) is 4.79 Å². The lowest BCUT2D eigenvalue weighted by molar-refractivity contribution is 0.0950. The van der Waals surface area contributed by atoms with Crippen LogP contribution in [0.3, 0.4) is 0 Å². The van der Waals surface area contributed by atoms with Gasteiger partial charge < -0.3 is 10.1 Å². The van der Waals surface area contributed by atoms with Crippen molar-refractivity contribution in [3.05, 3.63) is 64.7 Å². The van der Waals surface area contributed by atoms with Crippen molar-refractivity contribution in [3.8, 4) is 5.75 Å². The van der Waals surface area contributed by atoms with E-state index in [2.05, 4.69) is 5.32 Å². The van der Waals surface area contributed by atoms with Gasteiger partial charge in [0.15, 0.2) is 0 Å². The van der Waals surface area contributed by atoms with Gasteiger partial charge in [-0.05, 0) is 24.3 Å². The van der Waals surface area contributed by atoms with E-state index in [4.69, 9.17) is 16.3 Å². The minimum atomic E-state index is -0.159. The number of carbonyl (C=O) groups is 1. The standard InChI is InChI=1S/C15H14ClNO2/c1-19-14-8-3-2-5-12(14)10-17-15(18)11-6-4-7-13(16)9-11/h2-9H,10H2,1H3,(H,17,18). The first-order valence-corrected chi connectivity index (χ1v) is 6.24. The van der Waals surface area contributed by atoms with E-state index in [1.54, 1.807) is 31.4 Å². The summed E-state index contributed by atoms with van der Waals surface area (Å²) in [4.78, 5) is 12.0. The summed E-state index contributed by atoms with van der Waals surface area (Å²) in [7, 11) is 1.61. The van der Waals surface area contributed by atoms with Crippen LogP contribution in [0.2, 0.25) is 5.02 Å². The molecule has 2 rings (SSSR count). The van der Waals surface area contributed by atoms with E-state index in [0.29, 0.717) is 17.1 Å². The monoisotopic (exact) mass is 275 g/mol. The average Bonchev–Trinajstić information content (AvgIpc) is 2.45. The first-order valence-electron chi connectivity index (χ1n) is 5.86. The molecule has 0 aliphatic rings. The third-order valence-corrected chi connectivity index (χ3v) is 2.95. The van der Waals surface area contributed by atoms with Gasteiger partial charge >= 0.3 is 0 Å². The summed E-state index contributed by atoms with van der Waals surface area (Å²) in [6.07, 6.45) is 0. The normalized spacial score (nSPS) is 10.0. The Labute approximate surface area is 117 Å². The van der Waals surface area contributed by atoms with E-state index in [1.807, 2.05) is 24.3 Å². The number of hydrogen-bond acceptors (Lipinski definition) is 2. The van der Waals surface area contributed by atoms with Crippen LogP contribution in [0.25, 0.3) is 0 Å². The van der Waals surface area contributed by atoms with Crippen LogP contribution < -0.4 is 10.1 Å². The van der Waals surface area contributed by atoms with E-state index < -0.39 is 0 Å². The van der Waals surface area contributed by atoms with Crippen molar-refractivity contribution in [1.82, 2.24) is 5.32 Å². The van der Waals surface area contributed by atoms with Crippen LogP contribution in [0.4, 0.5) is 0 Å². The molecule has 0 atom stereocenters. The molecule has 4 heteroatoms. The molecule has 2 aromatic rings. The third kappa shape index (κ3) is 3.48. The molecule has 0 fully saturated rings. The molecule has 1 N–H and O–H groups in total. The Morgan fingerprint density at radius 1 is 1.21 bits per heavy atom. The highest BCUT2D eigenvalue weighted by molar-refractivity contribution is 6.30. The van der Waals surface area contributed by atoms with Crippen LogP contribution in [0.15, 0.2) is 48.5 Å². The number of methoxy groups -OCH3 is 1. The number of para-hydroxylation sites is 1. The number of amides is 1. The van der Waals surface area contributed by atoms with Crippen molar-refractivity contribution >= 4 is 17.5 Å². The molecule has 3 nitrogen and oxygen atoms in total. The maximum atomic E-state index is 12.0. The van der Waals surface area contributed by atoms with Crippen LogP contribution in [0.5, 0.6) is 5.75 Å². The zero-order valence-electron chi connectivity index (χ0n) is 10.5. The van der Waals surface area contributed by atoms with Gasteiger partial charge in [-0.2, -0.15) is 0 Å². The summed E-state index contributed by atoms with van der Waals surface area (Å²) in [5, 5.41) is 3.39. The third-order valence-electron chi connectivity index (χ3n) is 2.72. The SMILES string of the molecule is COc1ccccc1CNC(=O)c1cccc(Cl)c1. The second-order valence-electron chi connectivity index (χ2n) is 4.00. The summed E-state index contributed by atoms with van der Waals surface area (Å²) >= 11 is 5.85. The smallest absolute Gasteiger partial charge is 0.251 e. The van der Waals surface area contributed by atoms with E-state index >= 15 is 0 Å². The lowest BCUT2D eigenvalue weighted by atomic mass is 10.2. The quantitative estimate of drug-likeness (QED) is 0.930. The first kappa shape index (κ1) is 13.4. The average molecular weight is 276 g/mol. The van der Waals surface area contributed by atoms with Gasteiger partial charge in [0.2, 0.25) is 0 Å². The maximum Gasteiger partial charge on any atom is 0.251 e. The fourth-order valence-corrected chi connectivity index (χ4v) is 1.95. The Bertz CT molecular complexity index is 584. The van der Waals surface area contributed by atoms with Crippen molar-refractivity contribution in [2.45, 2.75) is 6.54 Å². The topological polar surface area (TPSA) is 38.3 Å². The summed E-state index contributed by atoms with van der Waals surface area (Å²) < 4.78 is 5.23. The molecule has 0 radical (unpaired) electrons. The Morgan fingerprint density at radius 2 is 2.00 bits per heavy atom.